The van der Waals surface area contributed by atoms with Crippen molar-refractivity contribution in [2.24, 2.45) is 5.73 Å². The maximum atomic E-state index is 5.59. The minimum absolute atomic E-state index is 0.0687. The minimum atomic E-state index is 0.0687. The van der Waals surface area contributed by atoms with E-state index in [4.69, 9.17) is 10.5 Å². The molecule has 1 aliphatic heterocycles. The van der Waals surface area contributed by atoms with E-state index in [-0.39, 0.29) is 5.54 Å². The van der Waals surface area contributed by atoms with Crippen molar-refractivity contribution in [1.82, 2.24) is 9.55 Å². The Labute approximate surface area is 90.4 Å². The van der Waals surface area contributed by atoms with Gasteiger partial charge in [-0.05, 0) is 26.3 Å². The quantitative estimate of drug-likeness (QED) is 0.805. The molecule has 1 atom stereocenters. The van der Waals surface area contributed by atoms with E-state index in [1.807, 2.05) is 12.5 Å². The number of aromatic nitrogens is 2. The standard InChI is InChI=1S/C11H19N3O/c1-11(4-2-6-15-8-11)14-9-13-7-10(14)3-5-12/h7,9H,2-6,8,12H2,1H3. The number of hydrogen-bond acceptors (Lipinski definition) is 3. The second-order valence-corrected chi connectivity index (χ2v) is 4.45. The van der Waals surface area contributed by atoms with Crippen molar-refractivity contribution in [3.63, 3.8) is 0 Å². The van der Waals surface area contributed by atoms with Crippen molar-refractivity contribution in [2.75, 3.05) is 19.8 Å². The molecule has 0 radical (unpaired) electrons. The monoisotopic (exact) mass is 209 g/mol. The fourth-order valence-corrected chi connectivity index (χ4v) is 2.25. The van der Waals surface area contributed by atoms with Crippen LogP contribution in [0.2, 0.25) is 0 Å². The third kappa shape index (κ3) is 2.06. The Morgan fingerprint density at radius 1 is 1.67 bits per heavy atom. The first-order valence-corrected chi connectivity index (χ1v) is 5.56. The Hall–Kier alpha value is -0.870. The second kappa shape index (κ2) is 4.33. The van der Waals surface area contributed by atoms with Crippen molar-refractivity contribution in [3.8, 4) is 0 Å². The molecule has 4 nitrogen and oxygen atoms in total. The SMILES string of the molecule is CC1(n2cncc2CCN)CCCOC1. The molecule has 0 spiro atoms. The molecule has 0 saturated carbocycles. The average Bonchev–Trinajstić information content (AvgIpc) is 2.68. The first-order valence-electron chi connectivity index (χ1n) is 5.56. The van der Waals surface area contributed by atoms with E-state index >= 15 is 0 Å². The highest BCUT2D eigenvalue weighted by molar-refractivity contribution is 5.05. The van der Waals surface area contributed by atoms with Crippen LogP contribution < -0.4 is 5.73 Å². The number of imidazole rings is 1. The maximum absolute atomic E-state index is 5.59. The third-order valence-corrected chi connectivity index (χ3v) is 3.11. The summed E-state index contributed by atoms with van der Waals surface area (Å²) < 4.78 is 7.80. The van der Waals surface area contributed by atoms with Crippen LogP contribution in [0.4, 0.5) is 0 Å². The van der Waals surface area contributed by atoms with E-state index in [1.165, 1.54) is 5.69 Å². The molecule has 0 bridgehead atoms. The number of nitrogens with zero attached hydrogens (tertiary/aromatic N) is 2. The first kappa shape index (κ1) is 10.6. The van der Waals surface area contributed by atoms with Crippen LogP contribution in [-0.2, 0) is 16.7 Å². The summed E-state index contributed by atoms with van der Waals surface area (Å²) in [6.07, 6.45) is 6.97. The van der Waals surface area contributed by atoms with Crippen molar-refractivity contribution < 1.29 is 4.74 Å². The zero-order valence-electron chi connectivity index (χ0n) is 9.28. The molecule has 15 heavy (non-hydrogen) atoms. The van der Waals surface area contributed by atoms with Gasteiger partial charge in [-0.2, -0.15) is 0 Å². The summed E-state index contributed by atoms with van der Waals surface area (Å²) in [7, 11) is 0. The van der Waals surface area contributed by atoms with Crippen LogP contribution >= 0.6 is 0 Å². The van der Waals surface area contributed by atoms with Gasteiger partial charge in [0.15, 0.2) is 0 Å². The smallest absolute Gasteiger partial charge is 0.0954 e. The van der Waals surface area contributed by atoms with E-state index in [1.54, 1.807) is 0 Å². The van der Waals surface area contributed by atoms with E-state index < -0.39 is 0 Å². The molecule has 2 heterocycles. The van der Waals surface area contributed by atoms with Crippen LogP contribution in [0.1, 0.15) is 25.5 Å². The Morgan fingerprint density at radius 3 is 3.20 bits per heavy atom. The van der Waals surface area contributed by atoms with Gasteiger partial charge in [-0.3, -0.25) is 0 Å². The van der Waals surface area contributed by atoms with E-state index in [0.29, 0.717) is 6.54 Å². The Kier molecular flexibility index (Phi) is 3.07. The zero-order chi connectivity index (χ0) is 10.7. The van der Waals surface area contributed by atoms with Crippen molar-refractivity contribution >= 4 is 0 Å². The van der Waals surface area contributed by atoms with Crippen LogP contribution in [0.5, 0.6) is 0 Å². The molecule has 0 aromatic carbocycles. The summed E-state index contributed by atoms with van der Waals surface area (Å²) in [6, 6.07) is 0. The molecule has 4 heteroatoms. The molecule has 0 amide bonds. The third-order valence-electron chi connectivity index (χ3n) is 3.11. The summed E-state index contributed by atoms with van der Waals surface area (Å²) in [5, 5.41) is 0. The maximum Gasteiger partial charge on any atom is 0.0954 e. The van der Waals surface area contributed by atoms with E-state index in [9.17, 15) is 0 Å². The van der Waals surface area contributed by atoms with Gasteiger partial charge in [-0.1, -0.05) is 0 Å². The number of nitrogens with two attached hydrogens (primary N) is 1. The van der Waals surface area contributed by atoms with Crippen molar-refractivity contribution in [2.45, 2.75) is 31.7 Å². The first-order chi connectivity index (χ1) is 7.26. The lowest BCUT2D eigenvalue weighted by Crippen LogP contribution is -2.39. The highest BCUT2D eigenvalue weighted by Crippen LogP contribution is 2.28. The molecule has 1 unspecified atom stereocenters. The molecule has 1 aliphatic rings. The zero-order valence-corrected chi connectivity index (χ0v) is 9.28. The van der Waals surface area contributed by atoms with Crippen molar-refractivity contribution in [3.05, 3.63) is 18.2 Å². The van der Waals surface area contributed by atoms with Gasteiger partial charge in [0.1, 0.15) is 0 Å². The van der Waals surface area contributed by atoms with Gasteiger partial charge in [-0.15, -0.1) is 0 Å². The Balaban J connectivity index is 2.22. The normalized spacial score (nSPS) is 26.8. The summed E-state index contributed by atoms with van der Waals surface area (Å²) >= 11 is 0. The molecule has 1 aromatic rings. The predicted molar refractivity (Wildman–Crippen MR) is 58.7 cm³/mol. The number of rotatable bonds is 3. The van der Waals surface area contributed by atoms with Crippen LogP contribution in [0, 0.1) is 0 Å². The fraction of sp³-hybridized carbons (Fsp3) is 0.727. The lowest BCUT2D eigenvalue weighted by atomic mass is 9.94. The van der Waals surface area contributed by atoms with Crippen LogP contribution in [0.3, 0.4) is 0 Å². The topological polar surface area (TPSA) is 53.1 Å². The summed E-state index contributed by atoms with van der Waals surface area (Å²) in [6.45, 7) is 4.56. The molecular weight excluding hydrogens is 190 g/mol. The molecule has 2 N–H and O–H groups in total. The van der Waals surface area contributed by atoms with E-state index in [0.717, 1.165) is 32.5 Å². The van der Waals surface area contributed by atoms with Gasteiger partial charge >= 0.3 is 0 Å². The summed E-state index contributed by atoms with van der Waals surface area (Å²) in [5.41, 5.74) is 6.87. The number of hydrogen-bond donors (Lipinski definition) is 1. The van der Waals surface area contributed by atoms with Gasteiger partial charge in [0.2, 0.25) is 0 Å². The molecule has 84 valence electrons. The van der Waals surface area contributed by atoms with Crippen LogP contribution in [-0.4, -0.2) is 29.3 Å². The fourth-order valence-electron chi connectivity index (χ4n) is 2.25. The average molecular weight is 209 g/mol. The second-order valence-electron chi connectivity index (χ2n) is 4.45. The molecule has 1 saturated heterocycles. The Morgan fingerprint density at radius 2 is 2.53 bits per heavy atom. The minimum Gasteiger partial charge on any atom is -0.379 e. The largest absolute Gasteiger partial charge is 0.379 e. The van der Waals surface area contributed by atoms with E-state index in [2.05, 4.69) is 16.5 Å². The van der Waals surface area contributed by atoms with Gasteiger partial charge in [0.25, 0.3) is 0 Å². The highest BCUT2D eigenvalue weighted by atomic mass is 16.5. The number of ether oxygens (including phenoxy) is 1. The Bertz CT molecular complexity index is 315. The molecule has 0 aliphatic carbocycles. The van der Waals surface area contributed by atoms with Gasteiger partial charge < -0.3 is 15.0 Å². The summed E-state index contributed by atoms with van der Waals surface area (Å²) in [5.74, 6) is 0. The van der Waals surface area contributed by atoms with Gasteiger partial charge in [0.05, 0.1) is 18.5 Å². The van der Waals surface area contributed by atoms with Crippen LogP contribution in [0.15, 0.2) is 12.5 Å². The van der Waals surface area contributed by atoms with Crippen molar-refractivity contribution in [1.29, 1.82) is 0 Å². The molecular formula is C11H19N3O. The lowest BCUT2D eigenvalue weighted by Gasteiger charge is -2.36. The molecule has 1 fully saturated rings. The predicted octanol–water partition coefficient (Wildman–Crippen LogP) is 0.910. The van der Waals surface area contributed by atoms with Gasteiger partial charge in [-0.25, -0.2) is 4.98 Å². The molecule has 2 rings (SSSR count). The van der Waals surface area contributed by atoms with Crippen LogP contribution in [0.25, 0.3) is 0 Å². The van der Waals surface area contributed by atoms with Gasteiger partial charge in [0, 0.05) is 24.9 Å². The lowest BCUT2D eigenvalue weighted by molar-refractivity contribution is 0.00830. The summed E-state index contributed by atoms with van der Waals surface area (Å²) in [4.78, 5) is 4.21. The highest BCUT2D eigenvalue weighted by Gasteiger charge is 2.30. The molecule has 1 aromatic heterocycles.